The second-order valence-corrected chi connectivity index (χ2v) is 8.28. The van der Waals surface area contributed by atoms with Gasteiger partial charge in [-0.2, -0.15) is 0 Å². The molecule has 2 aromatic carbocycles. The highest BCUT2D eigenvalue weighted by Crippen LogP contribution is 2.26. The Morgan fingerprint density at radius 1 is 1.07 bits per heavy atom. The number of benzene rings is 2. The fourth-order valence-electron chi connectivity index (χ4n) is 3.32. The van der Waals surface area contributed by atoms with E-state index in [1.807, 2.05) is 71.0 Å². The predicted molar refractivity (Wildman–Crippen MR) is 124 cm³/mol. The molecule has 162 valence electrons. The first kappa shape index (κ1) is 23.9. The second-order valence-electron chi connectivity index (χ2n) is 7.49. The summed E-state index contributed by atoms with van der Waals surface area (Å²) >= 11 is 3.54. The third kappa shape index (κ3) is 6.33. The molecule has 0 spiro atoms. The summed E-state index contributed by atoms with van der Waals surface area (Å²) in [6, 6.07) is 11.2. The van der Waals surface area contributed by atoms with Gasteiger partial charge in [-0.05, 0) is 62.9 Å². The molecule has 6 heteroatoms. The van der Waals surface area contributed by atoms with Crippen LogP contribution in [0.25, 0.3) is 0 Å². The zero-order valence-corrected chi connectivity index (χ0v) is 20.0. The van der Waals surface area contributed by atoms with E-state index in [9.17, 15) is 9.59 Å². The Hall–Kier alpha value is -2.34. The summed E-state index contributed by atoms with van der Waals surface area (Å²) in [6.07, 6.45) is 0.528. The number of aryl methyl sites for hydroxylation is 3. The van der Waals surface area contributed by atoms with Gasteiger partial charge in [-0.1, -0.05) is 52.7 Å². The van der Waals surface area contributed by atoms with Crippen LogP contribution < -0.4 is 10.1 Å². The molecule has 0 heterocycles. The quantitative estimate of drug-likeness (QED) is 0.572. The summed E-state index contributed by atoms with van der Waals surface area (Å²) < 4.78 is 6.84. The molecule has 2 aromatic rings. The third-order valence-corrected chi connectivity index (χ3v) is 6.23. The molecule has 1 atom stereocenters. The maximum Gasteiger partial charge on any atom is 0.261 e. The van der Waals surface area contributed by atoms with Crippen LogP contribution in [0.4, 0.5) is 0 Å². The average molecular weight is 475 g/mol. The van der Waals surface area contributed by atoms with Crippen LogP contribution >= 0.6 is 15.9 Å². The maximum atomic E-state index is 13.1. The number of ether oxygens (including phenoxy) is 1. The molecule has 2 rings (SSSR count). The lowest BCUT2D eigenvalue weighted by molar-refractivity contribution is -0.142. The first-order chi connectivity index (χ1) is 14.3. The lowest BCUT2D eigenvalue weighted by atomic mass is 10.1. The molecule has 0 aliphatic rings. The van der Waals surface area contributed by atoms with E-state index in [0.29, 0.717) is 25.3 Å². The van der Waals surface area contributed by atoms with Crippen molar-refractivity contribution in [1.29, 1.82) is 0 Å². The number of rotatable bonds is 9. The summed E-state index contributed by atoms with van der Waals surface area (Å²) in [6.45, 7) is 10.5. The molecule has 5 nitrogen and oxygen atoms in total. The minimum Gasteiger partial charge on any atom is -0.484 e. The Balaban J connectivity index is 2.22. The summed E-state index contributed by atoms with van der Waals surface area (Å²) in [4.78, 5) is 27.4. The molecule has 0 bridgehead atoms. The molecule has 0 radical (unpaired) electrons. The number of nitrogens with zero attached hydrogens (tertiary/aromatic N) is 1. The lowest BCUT2D eigenvalue weighted by Crippen LogP contribution is -2.50. The number of likely N-dealkylation sites (N-methyl/N-ethyl adjacent to an activating group) is 1. The largest absolute Gasteiger partial charge is 0.484 e. The topological polar surface area (TPSA) is 58.6 Å². The molecule has 0 aromatic heterocycles. The number of hydrogen-bond acceptors (Lipinski definition) is 3. The van der Waals surface area contributed by atoms with Crippen molar-refractivity contribution in [3.63, 3.8) is 0 Å². The van der Waals surface area contributed by atoms with E-state index < -0.39 is 6.04 Å². The smallest absolute Gasteiger partial charge is 0.261 e. The van der Waals surface area contributed by atoms with E-state index in [1.54, 1.807) is 4.90 Å². The highest BCUT2D eigenvalue weighted by molar-refractivity contribution is 9.10. The van der Waals surface area contributed by atoms with Gasteiger partial charge in [-0.3, -0.25) is 9.59 Å². The van der Waals surface area contributed by atoms with Gasteiger partial charge in [0.05, 0.1) is 0 Å². The van der Waals surface area contributed by atoms with Crippen molar-refractivity contribution in [2.45, 2.75) is 53.6 Å². The Morgan fingerprint density at radius 2 is 1.67 bits per heavy atom. The average Bonchev–Trinajstić information content (AvgIpc) is 2.71. The Kier molecular flexibility index (Phi) is 8.90. The molecule has 0 saturated carbocycles. The lowest BCUT2D eigenvalue weighted by Gasteiger charge is -2.30. The molecule has 0 saturated heterocycles. The van der Waals surface area contributed by atoms with Gasteiger partial charge in [-0.15, -0.1) is 0 Å². The van der Waals surface area contributed by atoms with Crippen molar-refractivity contribution in [2.75, 3.05) is 13.2 Å². The normalized spacial score (nSPS) is 11.7. The van der Waals surface area contributed by atoms with Gasteiger partial charge in [0.2, 0.25) is 5.91 Å². The van der Waals surface area contributed by atoms with Crippen LogP contribution in [0, 0.1) is 20.8 Å². The van der Waals surface area contributed by atoms with Gasteiger partial charge in [0, 0.05) is 17.6 Å². The molecule has 2 amide bonds. The molecule has 30 heavy (non-hydrogen) atoms. The number of amides is 2. The van der Waals surface area contributed by atoms with Crippen molar-refractivity contribution in [3.05, 3.63) is 63.1 Å². The van der Waals surface area contributed by atoms with Crippen LogP contribution in [-0.2, 0) is 16.1 Å². The Bertz CT molecular complexity index is 858. The van der Waals surface area contributed by atoms with Gasteiger partial charge >= 0.3 is 0 Å². The third-order valence-electron chi connectivity index (χ3n) is 4.98. The predicted octanol–water partition coefficient (Wildman–Crippen LogP) is 4.70. The van der Waals surface area contributed by atoms with Crippen LogP contribution in [0.3, 0.4) is 0 Å². The summed E-state index contributed by atoms with van der Waals surface area (Å²) in [5, 5.41) is 2.84. The van der Waals surface area contributed by atoms with Crippen LogP contribution in [0.2, 0.25) is 0 Å². The molecule has 0 unspecified atom stereocenters. The van der Waals surface area contributed by atoms with Crippen molar-refractivity contribution < 1.29 is 14.3 Å². The van der Waals surface area contributed by atoms with Crippen LogP contribution in [-0.4, -0.2) is 35.9 Å². The highest BCUT2D eigenvalue weighted by Gasteiger charge is 2.28. The zero-order valence-electron chi connectivity index (χ0n) is 18.4. The first-order valence-corrected chi connectivity index (χ1v) is 11.1. The van der Waals surface area contributed by atoms with Crippen LogP contribution in [0.5, 0.6) is 5.75 Å². The van der Waals surface area contributed by atoms with Crippen molar-refractivity contribution in [1.82, 2.24) is 10.2 Å². The van der Waals surface area contributed by atoms with Gasteiger partial charge in [0.25, 0.3) is 5.91 Å². The number of carbonyl (C=O) groups excluding carboxylic acids is 2. The van der Waals surface area contributed by atoms with E-state index in [0.717, 1.165) is 26.7 Å². The van der Waals surface area contributed by atoms with E-state index >= 15 is 0 Å². The van der Waals surface area contributed by atoms with E-state index in [-0.39, 0.29) is 18.4 Å². The van der Waals surface area contributed by atoms with Crippen molar-refractivity contribution in [3.8, 4) is 5.75 Å². The van der Waals surface area contributed by atoms with Gasteiger partial charge in [0.1, 0.15) is 11.8 Å². The van der Waals surface area contributed by atoms with Gasteiger partial charge < -0.3 is 15.0 Å². The molecule has 0 fully saturated rings. The van der Waals surface area contributed by atoms with Gasteiger partial charge in [0.15, 0.2) is 6.61 Å². The zero-order chi connectivity index (χ0) is 22.3. The fraction of sp³-hybridized carbons (Fsp3) is 0.417. The number of hydrogen-bond donors (Lipinski definition) is 1. The van der Waals surface area contributed by atoms with Crippen LogP contribution in [0.1, 0.15) is 42.5 Å². The summed E-state index contributed by atoms with van der Waals surface area (Å²) in [5.41, 5.74) is 4.22. The van der Waals surface area contributed by atoms with Gasteiger partial charge in [-0.25, -0.2) is 0 Å². The van der Waals surface area contributed by atoms with Crippen molar-refractivity contribution >= 4 is 27.7 Å². The summed E-state index contributed by atoms with van der Waals surface area (Å²) in [5.74, 6) is 0.283. The highest BCUT2D eigenvalue weighted by atomic mass is 79.9. The molecule has 0 aliphatic carbocycles. The fourth-order valence-corrected chi connectivity index (χ4v) is 3.55. The molecular weight excluding hydrogens is 444 g/mol. The number of carbonyl (C=O) groups is 2. The molecule has 1 N–H and O–H groups in total. The minimum absolute atomic E-state index is 0.123. The number of halogens is 1. The molecule has 0 aliphatic heterocycles. The molecular formula is C24H31BrN2O3. The Morgan fingerprint density at radius 3 is 2.20 bits per heavy atom. The second kappa shape index (κ2) is 11.2. The minimum atomic E-state index is -0.546. The van der Waals surface area contributed by atoms with Crippen molar-refractivity contribution in [2.24, 2.45) is 0 Å². The maximum absolute atomic E-state index is 13.1. The van der Waals surface area contributed by atoms with E-state index in [2.05, 4.69) is 21.2 Å². The van der Waals surface area contributed by atoms with Crippen LogP contribution in [0.15, 0.2) is 40.9 Å². The standard InChI is InChI=1S/C24H31BrN2O3/c1-6-21(24(29)26-7-2)27(14-19-10-8-16(3)9-11-19)22(28)15-30-20-12-17(4)23(25)18(5)13-20/h8-13,21H,6-7,14-15H2,1-5H3,(H,26,29)/t21-/m0/s1. The summed E-state index contributed by atoms with van der Waals surface area (Å²) in [7, 11) is 0. The first-order valence-electron chi connectivity index (χ1n) is 10.3. The van der Waals surface area contributed by atoms with E-state index in [1.165, 1.54) is 0 Å². The SMILES string of the molecule is CCNC(=O)[C@H](CC)N(Cc1ccc(C)cc1)C(=O)COc1cc(C)c(Br)c(C)c1. The monoisotopic (exact) mass is 474 g/mol. The van der Waals surface area contributed by atoms with E-state index in [4.69, 9.17) is 4.74 Å². The Labute approximate surface area is 187 Å². The number of nitrogens with one attached hydrogen (secondary N) is 1.